The van der Waals surface area contributed by atoms with E-state index in [9.17, 15) is 0 Å². The maximum absolute atomic E-state index is 5.53. The normalized spacial score (nSPS) is 31.1. The lowest BCUT2D eigenvalue weighted by molar-refractivity contribution is 0.0646. The third-order valence-electron chi connectivity index (χ3n) is 6.18. The van der Waals surface area contributed by atoms with E-state index in [0.717, 1.165) is 6.42 Å². The van der Waals surface area contributed by atoms with Crippen molar-refractivity contribution >= 4 is 0 Å². The minimum Gasteiger partial charge on any atom is -0.381 e. The number of rotatable bonds is 5. The van der Waals surface area contributed by atoms with Gasteiger partial charge in [-0.15, -0.1) is 0 Å². The van der Waals surface area contributed by atoms with E-state index < -0.39 is 0 Å². The van der Waals surface area contributed by atoms with Gasteiger partial charge in [0.2, 0.25) is 0 Å². The van der Waals surface area contributed by atoms with Crippen molar-refractivity contribution in [3.05, 3.63) is 29.1 Å². The van der Waals surface area contributed by atoms with Gasteiger partial charge < -0.3 is 9.47 Å². The number of hydrogen-bond acceptors (Lipinski definition) is 3. The summed E-state index contributed by atoms with van der Waals surface area (Å²) in [5.74, 6) is 1.24. The minimum atomic E-state index is 0.458. The fraction of sp³-hybridized carbons (Fsp3) is 0.762. The summed E-state index contributed by atoms with van der Waals surface area (Å²) in [7, 11) is 3.69. The molecule has 2 saturated carbocycles. The van der Waals surface area contributed by atoms with Crippen LogP contribution in [0, 0.1) is 0 Å². The van der Waals surface area contributed by atoms with Crippen LogP contribution in [0.1, 0.15) is 87.1 Å². The highest BCUT2D eigenvalue weighted by atomic mass is 16.5. The maximum Gasteiger partial charge on any atom is 0.0571 e. The van der Waals surface area contributed by atoms with E-state index in [0.29, 0.717) is 24.0 Å². The highest BCUT2D eigenvalue weighted by Gasteiger charge is 2.26. The van der Waals surface area contributed by atoms with Crippen molar-refractivity contribution in [2.24, 2.45) is 0 Å². The molecule has 0 unspecified atom stereocenters. The summed E-state index contributed by atoms with van der Waals surface area (Å²) in [5, 5.41) is 0. The predicted molar refractivity (Wildman–Crippen MR) is 97.6 cm³/mol. The van der Waals surface area contributed by atoms with Crippen LogP contribution in [0.25, 0.3) is 0 Å². The lowest BCUT2D eigenvalue weighted by atomic mass is 9.82. The van der Waals surface area contributed by atoms with Crippen LogP contribution in [0.2, 0.25) is 0 Å². The molecule has 2 fully saturated rings. The Bertz CT molecular complexity index is 472. The lowest BCUT2D eigenvalue weighted by Crippen LogP contribution is -2.22. The molecule has 2 aliphatic carbocycles. The summed E-state index contributed by atoms with van der Waals surface area (Å²) in [5.41, 5.74) is 4.14. The van der Waals surface area contributed by atoms with Crippen molar-refractivity contribution in [1.29, 1.82) is 0 Å². The van der Waals surface area contributed by atoms with Crippen LogP contribution in [-0.4, -0.2) is 31.4 Å². The molecule has 24 heavy (non-hydrogen) atoms. The zero-order chi connectivity index (χ0) is 16.9. The Morgan fingerprint density at radius 1 is 0.792 bits per heavy atom. The second-order valence-corrected chi connectivity index (χ2v) is 7.60. The average molecular weight is 332 g/mol. The van der Waals surface area contributed by atoms with E-state index in [1.807, 2.05) is 14.2 Å². The van der Waals surface area contributed by atoms with Gasteiger partial charge in [0.05, 0.1) is 12.2 Å². The molecule has 1 aromatic heterocycles. The largest absolute Gasteiger partial charge is 0.381 e. The van der Waals surface area contributed by atoms with Gasteiger partial charge in [0.1, 0.15) is 0 Å². The number of pyridine rings is 1. The van der Waals surface area contributed by atoms with E-state index >= 15 is 0 Å². The Labute approximate surface area is 147 Å². The molecule has 2 aliphatic rings. The van der Waals surface area contributed by atoms with Crippen molar-refractivity contribution < 1.29 is 9.47 Å². The number of ether oxygens (including phenoxy) is 2. The van der Waals surface area contributed by atoms with E-state index in [4.69, 9.17) is 14.5 Å². The molecule has 0 amide bonds. The molecule has 1 heterocycles. The number of aromatic nitrogens is 1. The molecule has 0 saturated heterocycles. The van der Waals surface area contributed by atoms with Gasteiger partial charge in [0, 0.05) is 37.4 Å². The molecular formula is C21H33NO2. The van der Waals surface area contributed by atoms with Crippen molar-refractivity contribution in [2.75, 3.05) is 14.2 Å². The fourth-order valence-electron chi connectivity index (χ4n) is 4.45. The first kappa shape index (κ1) is 17.9. The number of aryl methyl sites for hydroxylation is 1. The van der Waals surface area contributed by atoms with Crippen LogP contribution in [0.3, 0.4) is 0 Å². The van der Waals surface area contributed by atoms with Crippen LogP contribution in [0.15, 0.2) is 12.1 Å². The fourth-order valence-corrected chi connectivity index (χ4v) is 4.45. The van der Waals surface area contributed by atoms with Gasteiger partial charge in [0.25, 0.3) is 0 Å². The Morgan fingerprint density at radius 2 is 1.21 bits per heavy atom. The Balaban J connectivity index is 1.74. The van der Waals surface area contributed by atoms with E-state index in [1.165, 1.54) is 68.3 Å². The molecule has 134 valence electrons. The summed E-state index contributed by atoms with van der Waals surface area (Å²) < 4.78 is 11.1. The van der Waals surface area contributed by atoms with Gasteiger partial charge >= 0.3 is 0 Å². The van der Waals surface area contributed by atoms with Gasteiger partial charge in [-0.2, -0.15) is 0 Å². The molecule has 0 atom stereocenters. The molecule has 0 spiro atoms. The summed E-state index contributed by atoms with van der Waals surface area (Å²) in [6.07, 6.45) is 11.6. The first-order chi connectivity index (χ1) is 11.7. The molecule has 3 rings (SSSR count). The van der Waals surface area contributed by atoms with E-state index in [-0.39, 0.29) is 0 Å². The molecule has 0 radical (unpaired) electrons. The van der Waals surface area contributed by atoms with E-state index in [2.05, 4.69) is 19.1 Å². The summed E-state index contributed by atoms with van der Waals surface area (Å²) in [6, 6.07) is 4.73. The van der Waals surface area contributed by atoms with Crippen LogP contribution >= 0.6 is 0 Å². The number of methoxy groups -OCH3 is 2. The smallest absolute Gasteiger partial charge is 0.0571 e. The maximum atomic E-state index is 5.53. The van der Waals surface area contributed by atoms with Crippen LogP contribution in [-0.2, 0) is 15.9 Å². The second kappa shape index (κ2) is 8.44. The van der Waals surface area contributed by atoms with Gasteiger partial charge in [-0.05, 0) is 75.5 Å². The van der Waals surface area contributed by atoms with Crippen molar-refractivity contribution in [1.82, 2.24) is 4.98 Å². The van der Waals surface area contributed by atoms with Gasteiger partial charge in [-0.3, -0.25) is 4.98 Å². The van der Waals surface area contributed by atoms with E-state index in [1.54, 1.807) is 0 Å². The van der Waals surface area contributed by atoms with Crippen LogP contribution in [0.5, 0.6) is 0 Å². The second-order valence-electron chi connectivity index (χ2n) is 7.60. The third kappa shape index (κ3) is 4.18. The Morgan fingerprint density at radius 3 is 1.54 bits per heavy atom. The minimum absolute atomic E-state index is 0.458. The van der Waals surface area contributed by atoms with Gasteiger partial charge in [-0.1, -0.05) is 6.92 Å². The Kier molecular flexibility index (Phi) is 6.29. The number of nitrogens with zero attached hydrogens (tertiary/aromatic N) is 1. The first-order valence-electron chi connectivity index (χ1n) is 9.79. The molecule has 1 aromatic rings. The highest BCUT2D eigenvalue weighted by molar-refractivity contribution is 5.26. The SMILES string of the molecule is CCc1cc(C2CCC(OC)CC2)nc(C2CCC(OC)CC2)c1. The monoisotopic (exact) mass is 331 g/mol. The first-order valence-corrected chi connectivity index (χ1v) is 9.79. The standard InChI is InChI=1S/C21H33NO2/c1-4-15-13-20(16-5-9-18(23-2)10-6-16)22-21(14-15)17-7-11-19(24-3)12-8-17/h13-14,16-19H,4-12H2,1-3H3. The van der Waals surface area contributed by atoms with Gasteiger partial charge in [0.15, 0.2) is 0 Å². The lowest BCUT2D eigenvalue weighted by Gasteiger charge is -2.30. The quantitative estimate of drug-likeness (QED) is 0.762. The van der Waals surface area contributed by atoms with Crippen LogP contribution in [0.4, 0.5) is 0 Å². The molecule has 0 bridgehead atoms. The predicted octanol–water partition coefficient (Wildman–Crippen LogP) is 4.99. The summed E-state index contributed by atoms with van der Waals surface area (Å²) >= 11 is 0. The number of hydrogen-bond donors (Lipinski definition) is 0. The highest BCUT2D eigenvalue weighted by Crippen LogP contribution is 2.37. The topological polar surface area (TPSA) is 31.4 Å². The zero-order valence-corrected chi connectivity index (χ0v) is 15.6. The van der Waals surface area contributed by atoms with Gasteiger partial charge in [-0.25, -0.2) is 0 Å². The third-order valence-corrected chi connectivity index (χ3v) is 6.18. The molecule has 3 heteroatoms. The molecule has 0 aromatic carbocycles. The molecule has 3 nitrogen and oxygen atoms in total. The summed E-state index contributed by atoms with van der Waals surface area (Å²) in [4.78, 5) is 5.15. The van der Waals surface area contributed by atoms with Crippen molar-refractivity contribution in [2.45, 2.75) is 88.8 Å². The molecule has 0 N–H and O–H groups in total. The molecule has 0 aliphatic heterocycles. The molecular weight excluding hydrogens is 298 g/mol. The Hall–Kier alpha value is -0.930. The van der Waals surface area contributed by atoms with Crippen LogP contribution < -0.4 is 0 Å². The van der Waals surface area contributed by atoms with Crippen molar-refractivity contribution in [3.8, 4) is 0 Å². The van der Waals surface area contributed by atoms with Crippen molar-refractivity contribution in [3.63, 3.8) is 0 Å². The zero-order valence-electron chi connectivity index (χ0n) is 15.6. The average Bonchev–Trinajstić information content (AvgIpc) is 2.67. The summed E-state index contributed by atoms with van der Waals surface area (Å²) in [6.45, 7) is 2.26.